The van der Waals surface area contributed by atoms with Crippen LogP contribution in [0.2, 0.25) is 0 Å². The molecule has 0 amide bonds. The minimum absolute atomic E-state index is 0.200. The lowest BCUT2D eigenvalue weighted by Crippen LogP contribution is -2.61. The van der Waals surface area contributed by atoms with E-state index in [4.69, 9.17) is 0 Å². The highest BCUT2D eigenvalue weighted by Crippen LogP contribution is 2.55. The molecule has 3 heterocycles. The molecule has 0 fully saturated rings. The van der Waals surface area contributed by atoms with E-state index in [9.17, 15) is 0 Å². The van der Waals surface area contributed by atoms with Crippen molar-refractivity contribution in [3.8, 4) is 72.4 Å². The Labute approximate surface area is 549 Å². The largest absolute Gasteiger partial charge is 0.310 e. The summed E-state index contributed by atoms with van der Waals surface area (Å²) in [4.78, 5) is 5.37. The van der Waals surface area contributed by atoms with Crippen molar-refractivity contribution in [2.24, 2.45) is 0 Å². The molecule has 94 heavy (non-hydrogen) atoms. The standard InChI is InChI=1S/C90H64BN3/c1-90(2,3)66-57-83-86-84(58-66)94(88-69(62-35-15-7-16-36-62)47-28-48-70(88)63-37-17-8-18-38-63)82-56-65(85-73-41-19-21-43-75(73)89(76-44-22-20-42-74(76)85)92-79-49-25-23-39-71(79)72-40-24-26-50-80(72)92)51-53-77(82)91(86)78-55-64(59-29-9-4-10-30-59)52-54-81(78)93(83)87-67(60-31-11-5-12-32-60)45-27-46-68(87)61-33-13-6-14-34-61/h4-58H,1-3H3. The van der Waals surface area contributed by atoms with Crippen molar-refractivity contribution in [2.75, 3.05) is 9.80 Å². The van der Waals surface area contributed by atoms with E-state index < -0.39 is 0 Å². The van der Waals surface area contributed by atoms with E-state index in [0.29, 0.717) is 0 Å². The fourth-order valence-corrected chi connectivity index (χ4v) is 15.7. The van der Waals surface area contributed by atoms with Gasteiger partial charge in [-0.15, -0.1) is 0 Å². The van der Waals surface area contributed by atoms with Crippen LogP contribution in [0.3, 0.4) is 0 Å². The predicted molar refractivity (Wildman–Crippen MR) is 401 cm³/mol. The van der Waals surface area contributed by atoms with Crippen LogP contribution in [0.1, 0.15) is 26.3 Å². The normalized spacial score (nSPS) is 12.6. The van der Waals surface area contributed by atoms with Crippen molar-refractivity contribution in [1.29, 1.82) is 0 Å². The van der Waals surface area contributed by atoms with Gasteiger partial charge >= 0.3 is 0 Å². The van der Waals surface area contributed by atoms with Gasteiger partial charge in [-0.25, -0.2) is 0 Å². The Balaban J connectivity index is 0.995. The molecule has 0 saturated heterocycles. The molecule has 0 bridgehead atoms. The molecule has 15 aromatic carbocycles. The predicted octanol–water partition coefficient (Wildman–Crippen LogP) is 22.5. The molecule has 16 aromatic rings. The lowest BCUT2D eigenvalue weighted by atomic mass is 9.33. The first-order valence-electron chi connectivity index (χ1n) is 32.9. The zero-order valence-corrected chi connectivity index (χ0v) is 52.7. The molecule has 0 N–H and O–H groups in total. The molecule has 442 valence electrons. The third-order valence-corrected chi connectivity index (χ3v) is 19.9. The Morgan fingerprint density at radius 3 is 1.09 bits per heavy atom. The highest BCUT2D eigenvalue weighted by atomic mass is 15.2. The van der Waals surface area contributed by atoms with E-state index in [1.165, 1.54) is 93.4 Å². The number of rotatable bonds is 9. The average molecular weight is 1200 g/mol. The van der Waals surface area contributed by atoms with Crippen LogP contribution in [0, 0.1) is 0 Å². The molecule has 3 nitrogen and oxygen atoms in total. The van der Waals surface area contributed by atoms with Crippen LogP contribution < -0.4 is 26.2 Å². The second-order valence-electron chi connectivity index (χ2n) is 26.2. The van der Waals surface area contributed by atoms with Crippen LogP contribution in [0.5, 0.6) is 0 Å². The van der Waals surface area contributed by atoms with Crippen molar-refractivity contribution in [1.82, 2.24) is 4.57 Å². The smallest absolute Gasteiger partial charge is 0.252 e. The summed E-state index contributed by atoms with van der Waals surface area (Å²) in [6.45, 7) is 6.94. The van der Waals surface area contributed by atoms with Crippen molar-refractivity contribution in [2.45, 2.75) is 26.2 Å². The van der Waals surface area contributed by atoms with Gasteiger partial charge in [-0.3, -0.25) is 0 Å². The minimum Gasteiger partial charge on any atom is -0.310 e. The lowest BCUT2D eigenvalue weighted by Gasteiger charge is -2.46. The SMILES string of the molecule is CC(C)(C)c1cc2c3c(c1)N(c1c(-c4ccccc4)cccc1-c1ccccc1)c1cc(-c4c5ccccc5c(-n5c6ccccc6c6ccccc65)c5ccccc45)ccc1B3c1cc(-c3ccccc3)ccc1N2c1c(-c2ccccc2)cccc1-c1ccccc1. The molecule has 0 aliphatic carbocycles. The number of aromatic nitrogens is 1. The molecule has 1 aromatic heterocycles. The van der Waals surface area contributed by atoms with Gasteiger partial charge in [0, 0.05) is 66.5 Å². The molecule has 0 spiro atoms. The number of benzene rings is 15. The monoisotopic (exact) mass is 1200 g/mol. The average Bonchev–Trinajstić information content (AvgIpc) is 0.836. The molecule has 0 radical (unpaired) electrons. The first kappa shape index (κ1) is 55.2. The van der Waals surface area contributed by atoms with Crippen LogP contribution in [0.15, 0.2) is 334 Å². The van der Waals surface area contributed by atoms with Crippen LogP contribution in [0.4, 0.5) is 34.1 Å². The van der Waals surface area contributed by atoms with Gasteiger partial charge in [-0.05, 0) is 119 Å². The molecule has 0 atom stereocenters. The summed E-state index contributed by atoms with van der Waals surface area (Å²) in [7, 11) is 0. The van der Waals surface area contributed by atoms with Gasteiger partial charge in [-0.2, -0.15) is 0 Å². The van der Waals surface area contributed by atoms with Crippen LogP contribution in [0.25, 0.3) is 116 Å². The summed E-state index contributed by atoms with van der Waals surface area (Å²) in [6, 6.07) is 125. The number of fused-ring (bicyclic) bond motifs is 9. The first-order chi connectivity index (χ1) is 46.3. The molecule has 4 heteroatoms. The van der Waals surface area contributed by atoms with E-state index in [0.717, 1.165) is 78.5 Å². The van der Waals surface area contributed by atoms with Gasteiger partial charge < -0.3 is 14.4 Å². The molecule has 18 rings (SSSR count). The van der Waals surface area contributed by atoms with Crippen molar-refractivity contribution in [3.63, 3.8) is 0 Å². The van der Waals surface area contributed by atoms with Crippen molar-refractivity contribution < 1.29 is 0 Å². The second kappa shape index (κ2) is 22.0. The molecular weight excluding hydrogens is 1130 g/mol. The number of hydrogen-bond acceptors (Lipinski definition) is 2. The topological polar surface area (TPSA) is 11.4 Å². The Kier molecular flexibility index (Phi) is 12.9. The van der Waals surface area contributed by atoms with E-state index in [2.05, 4.69) is 369 Å². The number of hydrogen-bond donors (Lipinski definition) is 0. The molecule has 2 aliphatic rings. The summed E-state index contributed by atoms with van der Waals surface area (Å²) in [5, 5.41) is 7.28. The quantitative estimate of drug-likeness (QED) is 0.105. The summed E-state index contributed by atoms with van der Waals surface area (Å²) >= 11 is 0. The van der Waals surface area contributed by atoms with E-state index in [1.807, 2.05) is 0 Å². The zero-order valence-electron chi connectivity index (χ0n) is 52.7. The van der Waals surface area contributed by atoms with E-state index in [1.54, 1.807) is 0 Å². The summed E-state index contributed by atoms with van der Waals surface area (Å²) < 4.78 is 2.52. The number of para-hydroxylation sites is 4. The van der Waals surface area contributed by atoms with E-state index >= 15 is 0 Å². The maximum absolute atomic E-state index is 2.70. The Hall–Kier alpha value is -11.7. The lowest BCUT2D eigenvalue weighted by molar-refractivity contribution is 0.590. The fourth-order valence-electron chi connectivity index (χ4n) is 15.7. The maximum atomic E-state index is 2.70. The number of nitrogens with zero attached hydrogens (tertiary/aromatic N) is 3. The summed E-state index contributed by atoms with van der Waals surface area (Å²) in [5.41, 5.74) is 29.2. The zero-order chi connectivity index (χ0) is 62.6. The van der Waals surface area contributed by atoms with Gasteiger partial charge in [0.05, 0.1) is 28.1 Å². The van der Waals surface area contributed by atoms with Crippen LogP contribution >= 0.6 is 0 Å². The highest BCUT2D eigenvalue weighted by molar-refractivity contribution is 7.00. The second-order valence-corrected chi connectivity index (χ2v) is 26.2. The highest BCUT2D eigenvalue weighted by Gasteiger charge is 2.46. The molecule has 0 unspecified atom stereocenters. The molecule has 0 saturated carbocycles. The third-order valence-electron chi connectivity index (χ3n) is 19.9. The Morgan fingerprint density at radius 2 is 0.638 bits per heavy atom. The number of anilines is 6. The van der Waals surface area contributed by atoms with Crippen molar-refractivity contribution in [3.05, 3.63) is 339 Å². The van der Waals surface area contributed by atoms with Gasteiger partial charge in [0.25, 0.3) is 6.71 Å². The fraction of sp³-hybridized carbons (Fsp3) is 0.0444. The van der Waals surface area contributed by atoms with Crippen LogP contribution in [-0.2, 0) is 5.41 Å². The first-order valence-corrected chi connectivity index (χ1v) is 32.9. The molecule has 2 aliphatic heterocycles. The van der Waals surface area contributed by atoms with E-state index in [-0.39, 0.29) is 12.1 Å². The van der Waals surface area contributed by atoms with Gasteiger partial charge in [0.1, 0.15) is 0 Å². The van der Waals surface area contributed by atoms with Gasteiger partial charge in [0.2, 0.25) is 0 Å². The minimum atomic E-state index is -0.281. The Morgan fingerprint density at radius 1 is 0.255 bits per heavy atom. The Bertz CT molecular complexity index is 5430. The van der Waals surface area contributed by atoms with Gasteiger partial charge in [-0.1, -0.05) is 318 Å². The van der Waals surface area contributed by atoms with Crippen molar-refractivity contribution >= 4 is 101 Å². The third kappa shape index (κ3) is 8.74. The maximum Gasteiger partial charge on any atom is 0.252 e. The summed E-state index contributed by atoms with van der Waals surface area (Å²) in [6.07, 6.45) is 0. The summed E-state index contributed by atoms with van der Waals surface area (Å²) in [5.74, 6) is 0. The van der Waals surface area contributed by atoms with Crippen LogP contribution in [-0.4, -0.2) is 11.3 Å². The van der Waals surface area contributed by atoms with Gasteiger partial charge in [0.15, 0.2) is 0 Å². The molecular formula is C90H64BN3.